The lowest BCUT2D eigenvalue weighted by molar-refractivity contribution is 0.281. The summed E-state index contributed by atoms with van der Waals surface area (Å²) in [5, 5.41) is 3.45. The fourth-order valence-electron chi connectivity index (χ4n) is 2.77. The highest BCUT2D eigenvalue weighted by molar-refractivity contribution is 5.49. The second-order valence-electron chi connectivity index (χ2n) is 6.95. The Morgan fingerprint density at radius 2 is 1.54 bits per heavy atom. The lowest BCUT2D eigenvalue weighted by Crippen LogP contribution is -2.15. The average Bonchev–Trinajstić information content (AvgIpc) is 2.71. The van der Waals surface area contributed by atoms with Gasteiger partial charge in [0.2, 0.25) is 0 Å². The van der Waals surface area contributed by atoms with Gasteiger partial charge in [0.25, 0.3) is 0 Å². The van der Waals surface area contributed by atoms with Crippen LogP contribution in [0, 0.1) is 0 Å². The van der Waals surface area contributed by atoms with Gasteiger partial charge in [0.1, 0.15) is 17.2 Å². The molecular weight excluding hydrogens is 348 g/mol. The Kier molecular flexibility index (Phi) is 7.33. The molecule has 1 N–H and O–H groups in total. The summed E-state index contributed by atoms with van der Waals surface area (Å²) in [4.78, 5) is 2.16. The molecule has 0 spiro atoms. The predicted octanol–water partition coefficient (Wildman–Crippen LogP) is 5.42. The molecule has 0 bridgehead atoms. The van der Waals surface area contributed by atoms with Crippen LogP contribution in [-0.2, 0) is 6.54 Å². The van der Waals surface area contributed by atoms with Gasteiger partial charge in [-0.25, -0.2) is 0 Å². The average molecular weight is 377 g/mol. The molecule has 3 aromatic rings. The minimum Gasteiger partial charge on any atom is -0.494 e. The zero-order chi connectivity index (χ0) is 19.6. The molecule has 4 heteroatoms. The molecule has 0 aliphatic rings. The van der Waals surface area contributed by atoms with E-state index in [0.29, 0.717) is 0 Å². The summed E-state index contributed by atoms with van der Waals surface area (Å²) in [6.45, 7) is 2.52. The SMILES string of the molecule is CN(C)CCCOc1ccc(CNc2cccc(Oc3ccccc3)c2)cc1. The molecule has 3 aromatic carbocycles. The van der Waals surface area contributed by atoms with Gasteiger partial charge in [-0.05, 0) is 62.5 Å². The van der Waals surface area contributed by atoms with E-state index in [1.54, 1.807) is 0 Å². The van der Waals surface area contributed by atoms with Crippen LogP contribution in [0.15, 0.2) is 78.9 Å². The molecule has 3 rings (SSSR count). The van der Waals surface area contributed by atoms with E-state index in [4.69, 9.17) is 9.47 Å². The molecule has 28 heavy (non-hydrogen) atoms. The summed E-state index contributed by atoms with van der Waals surface area (Å²) < 4.78 is 11.7. The Bertz CT molecular complexity index is 833. The normalized spacial score (nSPS) is 10.7. The molecule has 0 radical (unpaired) electrons. The van der Waals surface area contributed by atoms with Crippen LogP contribution in [0.5, 0.6) is 17.2 Å². The number of para-hydroxylation sites is 1. The fraction of sp³-hybridized carbons (Fsp3) is 0.250. The minimum atomic E-state index is 0.740. The Labute approximate surface area is 167 Å². The van der Waals surface area contributed by atoms with E-state index in [1.807, 2.05) is 66.7 Å². The van der Waals surface area contributed by atoms with Crippen molar-refractivity contribution in [2.75, 3.05) is 32.6 Å². The van der Waals surface area contributed by atoms with Crippen molar-refractivity contribution in [2.45, 2.75) is 13.0 Å². The van der Waals surface area contributed by atoms with Crippen LogP contribution in [0.4, 0.5) is 5.69 Å². The molecule has 0 aliphatic carbocycles. The number of ether oxygens (including phenoxy) is 2. The van der Waals surface area contributed by atoms with Gasteiger partial charge < -0.3 is 19.7 Å². The Morgan fingerprint density at radius 3 is 2.29 bits per heavy atom. The van der Waals surface area contributed by atoms with Crippen molar-refractivity contribution in [3.63, 3.8) is 0 Å². The summed E-state index contributed by atoms with van der Waals surface area (Å²) in [5.74, 6) is 2.57. The molecule has 0 amide bonds. The van der Waals surface area contributed by atoms with Gasteiger partial charge in [-0.3, -0.25) is 0 Å². The first-order valence-corrected chi connectivity index (χ1v) is 9.62. The Hall–Kier alpha value is -2.98. The summed E-state index contributed by atoms with van der Waals surface area (Å²) in [7, 11) is 4.15. The molecule has 146 valence electrons. The van der Waals surface area contributed by atoms with E-state index >= 15 is 0 Å². The van der Waals surface area contributed by atoms with E-state index in [1.165, 1.54) is 5.56 Å². The minimum absolute atomic E-state index is 0.740. The fourth-order valence-corrected chi connectivity index (χ4v) is 2.77. The lowest BCUT2D eigenvalue weighted by atomic mass is 10.2. The monoisotopic (exact) mass is 376 g/mol. The molecule has 0 aliphatic heterocycles. The summed E-state index contributed by atoms with van der Waals surface area (Å²) >= 11 is 0. The van der Waals surface area contributed by atoms with E-state index in [-0.39, 0.29) is 0 Å². The van der Waals surface area contributed by atoms with Crippen LogP contribution in [0.25, 0.3) is 0 Å². The summed E-state index contributed by atoms with van der Waals surface area (Å²) in [6.07, 6.45) is 1.03. The van der Waals surface area contributed by atoms with Gasteiger partial charge in [-0.15, -0.1) is 0 Å². The molecule has 0 saturated heterocycles. The van der Waals surface area contributed by atoms with E-state index in [2.05, 4.69) is 36.4 Å². The van der Waals surface area contributed by atoms with Crippen LogP contribution in [-0.4, -0.2) is 32.1 Å². The Balaban J connectivity index is 1.48. The smallest absolute Gasteiger partial charge is 0.129 e. The zero-order valence-corrected chi connectivity index (χ0v) is 16.6. The van der Waals surface area contributed by atoms with Crippen LogP contribution in [0.1, 0.15) is 12.0 Å². The van der Waals surface area contributed by atoms with Crippen molar-refractivity contribution in [2.24, 2.45) is 0 Å². The maximum absolute atomic E-state index is 5.89. The first-order valence-electron chi connectivity index (χ1n) is 9.62. The van der Waals surface area contributed by atoms with Crippen molar-refractivity contribution in [1.82, 2.24) is 4.90 Å². The third-order valence-electron chi connectivity index (χ3n) is 4.25. The molecule has 0 aromatic heterocycles. The molecule has 0 unspecified atom stereocenters. The highest BCUT2D eigenvalue weighted by atomic mass is 16.5. The van der Waals surface area contributed by atoms with Crippen LogP contribution in [0.2, 0.25) is 0 Å². The summed E-state index contributed by atoms with van der Waals surface area (Å²) in [6, 6.07) is 26.1. The first kappa shape index (κ1) is 19.8. The topological polar surface area (TPSA) is 33.7 Å². The van der Waals surface area contributed by atoms with Gasteiger partial charge in [0.05, 0.1) is 6.61 Å². The number of hydrogen-bond acceptors (Lipinski definition) is 4. The second kappa shape index (κ2) is 10.4. The lowest BCUT2D eigenvalue weighted by Gasteiger charge is -2.12. The molecule has 0 saturated carbocycles. The largest absolute Gasteiger partial charge is 0.494 e. The molecule has 4 nitrogen and oxygen atoms in total. The quantitative estimate of drug-likeness (QED) is 0.479. The third-order valence-corrected chi connectivity index (χ3v) is 4.25. The molecule has 0 fully saturated rings. The highest BCUT2D eigenvalue weighted by Crippen LogP contribution is 2.24. The predicted molar refractivity (Wildman–Crippen MR) is 115 cm³/mol. The molecule has 0 heterocycles. The number of hydrogen-bond donors (Lipinski definition) is 1. The maximum Gasteiger partial charge on any atom is 0.129 e. The first-order chi connectivity index (χ1) is 13.7. The van der Waals surface area contributed by atoms with Crippen molar-refractivity contribution in [1.29, 1.82) is 0 Å². The van der Waals surface area contributed by atoms with Crippen LogP contribution < -0.4 is 14.8 Å². The van der Waals surface area contributed by atoms with E-state index in [0.717, 1.165) is 49.1 Å². The number of benzene rings is 3. The van der Waals surface area contributed by atoms with Crippen molar-refractivity contribution >= 4 is 5.69 Å². The number of rotatable bonds is 10. The van der Waals surface area contributed by atoms with E-state index < -0.39 is 0 Å². The van der Waals surface area contributed by atoms with Gasteiger partial charge in [0, 0.05) is 24.8 Å². The second-order valence-corrected chi connectivity index (χ2v) is 6.95. The summed E-state index contributed by atoms with van der Waals surface area (Å²) in [5.41, 5.74) is 2.23. The van der Waals surface area contributed by atoms with Gasteiger partial charge in [-0.2, -0.15) is 0 Å². The van der Waals surface area contributed by atoms with Crippen LogP contribution >= 0.6 is 0 Å². The Morgan fingerprint density at radius 1 is 0.786 bits per heavy atom. The standard InChI is InChI=1S/C24H28N2O2/c1-26(2)16-7-17-27-22-14-12-20(13-15-22)19-25-21-8-6-11-24(18-21)28-23-9-4-3-5-10-23/h3-6,8-15,18,25H,7,16-17,19H2,1-2H3. The van der Waals surface area contributed by atoms with Gasteiger partial charge >= 0.3 is 0 Å². The maximum atomic E-state index is 5.89. The van der Waals surface area contributed by atoms with Crippen molar-refractivity contribution < 1.29 is 9.47 Å². The number of nitrogens with one attached hydrogen (secondary N) is 1. The van der Waals surface area contributed by atoms with Crippen molar-refractivity contribution in [3.05, 3.63) is 84.4 Å². The van der Waals surface area contributed by atoms with Crippen molar-refractivity contribution in [3.8, 4) is 17.2 Å². The highest BCUT2D eigenvalue weighted by Gasteiger charge is 2.00. The number of nitrogens with zero attached hydrogens (tertiary/aromatic N) is 1. The van der Waals surface area contributed by atoms with E-state index in [9.17, 15) is 0 Å². The molecule has 0 atom stereocenters. The zero-order valence-electron chi connectivity index (χ0n) is 16.6. The van der Waals surface area contributed by atoms with Gasteiger partial charge in [-0.1, -0.05) is 36.4 Å². The molecular formula is C24H28N2O2. The third kappa shape index (κ3) is 6.63. The van der Waals surface area contributed by atoms with Crippen LogP contribution in [0.3, 0.4) is 0 Å². The van der Waals surface area contributed by atoms with Gasteiger partial charge in [0.15, 0.2) is 0 Å². The number of anilines is 1.